The average Bonchev–Trinajstić information content (AvgIpc) is 3.28. The lowest BCUT2D eigenvalue weighted by Gasteiger charge is -2.12. The van der Waals surface area contributed by atoms with Crippen molar-refractivity contribution in [2.24, 2.45) is 4.99 Å². The number of fused-ring (bicyclic) bond motifs is 1. The number of nitrogens with zero attached hydrogens (tertiary/aromatic N) is 5. The summed E-state index contributed by atoms with van der Waals surface area (Å²) in [6.45, 7) is 0. The van der Waals surface area contributed by atoms with E-state index in [1.807, 2.05) is 12.1 Å². The third-order valence-electron chi connectivity index (χ3n) is 5.08. The lowest BCUT2D eigenvalue weighted by Crippen LogP contribution is -2.13. The van der Waals surface area contributed by atoms with Crippen LogP contribution >= 0.6 is 23.1 Å². The second kappa shape index (κ2) is 11.1. The minimum Gasteiger partial charge on any atom is -0.372 e. The molecule has 13 heteroatoms. The molecular formula is C24H20N6O5S2. The molecule has 1 amide bonds. The predicted octanol–water partition coefficient (Wildman–Crippen LogP) is 5.66. The summed E-state index contributed by atoms with van der Waals surface area (Å²) in [5, 5.41) is 24.8. The van der Waals surface area contributed by atoms with Gasteiger partial charge in [0, 0.05) is 44.2 Å². The highest BCUT2D eigenvalue weighted by molar-refractivity contribution is 8.01. The van der Waals surface area contributed by atoms with Crippen molar-refractivity contribution in [2.45, 2.75) is 4.34 Å². The van der Waals surface area contributed by atoms with E-state index in [1.54, 1.807) is 43.4 Å². The number of thiazole rings is 1. The van der Waals surface area contributed by atoms with Gasteiger partial charge in [0.2, 0.25) is 5.91 Å². The summed E-state index contributed by atoms with van der Waals surface area (Å²) in [5.74, 6) is -0.124. The number of non-ortho nitro benzene ring substituents is 1. The Morgan fingerprint density at radius 1 is 1.08 bits per heavy atom. The lowest BCUT2D eigenvalue weighted by molar-refractivity contribution is -0.384. The number of hydrogen-bond acceptors (Lipinski definition) is 10. The number of nitro groups is 2. The van der Waals surface area contributed by atoms with Gasteiger partial charge in [-0.25, -0.2) is 4.98 Å². The van der Waals surface area contributed by atoms with Gasteiger partial charge in [0.25, 0.3) is 11.4 Å². The van der Waals surface area contributed by atoms with Crippen molar-refractivity contribution in [1.82, 2.24) is 4.98 Å². The number of carbonyl (C=O) groups is 1. The fraction of sp³-hybridized carbons (Fsp3) is 0.125. The Morgan fingerprint density at radius 2 is 1.84 bits per heavy atom. The molecule has 1 aromatic heterocycles. The SMILES string of the molecule is CN(C)c1ccc(C=Nc2ccc3nc(SCC(=O)Nc4ccc([N+](=O)[O-])cc4)sc3c2)cc1[N+](=O)[O-]. The first-order chi connectivity index (χ1) is 17.7. The smallest absolute Gasteiger partial charge is 0.293 e. The number of rotatable bonds is 9. The molecule has 4 aromatic rings. The summed E-state index contributed by atoms with van der Waals surface area (Å²) >= 11 is 2.71. The largest absolute Gasteiger partial charge is 0.372 e. The van der Waals surface area contributed by atoms with Crippen LogP contribution < -0.4 is 10.2 Å². The summed E-state index contributed by atoms with van der Waals surface area (Å²) in [6, 6.07) is 16.1. The number of aromatic nitrogens is 1. The van der Waals surface area contributed by atoms with E-state index in [2.05, 4.69) is 15.3 Å². The Kier molecular flexibility index (Phi) is 7.74. The summed E-state index contributed by atoms with van der Waals surface area (Å²) in [5.41, 5.74) is 3.00. The first kappa shape index (κ1) is 25.7. The van der Waals surface area contributed by atoms with Gasteiger partial charge in [-0.2, -0.15) is 0 Å². The van der Waals surface area contributed by atoms with Crippen molar-refractivity contribution in [3.8, 4) is 0 Å². The molecule has 0 aliphatic rings. The molecule has 0 fully saturated rings. The molecule has 0 saturated heterocycles. The molecule has 0 aliphatic heterocycles. The molecule has 3 aromatic carbocycles. The number of benzene rings is 3. The molecule has 0 bridgehead atoms. The van der Waals surface area contributed by atoms with Crippen LogP contribution in [0.25, 0.3) is 10.2 Å². The molecule has 37 heavy (non-hydrogen) atoms. The zero-order valence-corrected chi connectivity index (χ0v) is 21.3. The number of hydrogen-bond donors (Lipinski definition) is 1. The van der Waals surface area contributed by atoms with E-state index in [9.17, 15) is 25.0 Å². The Morgan fingerprint density at radius 3 is 2.51 bits per heavy atom. The van der Waals surface area contributed by atoms with Crippen LogP contribution in [-0.4, -0.2) is 46.8 Å². The van der Waals surface area contributed by atoms with Crippen molar-refractivity contribution < 1.29 is 14.6 Å². The third-order valence-corrected chi connectivity index (χ3v) is 7.24. The van der Waals surface area contributed by atoms with E-state index < -0.39 is 9.85 Å². The highest BCUT2D eigenvalue weighted by Gasteiger charge is 2.15. The quantitative estimate of drug-likeness (QED) is 0.125. The van der Waals surface area contributed by atoms with Gasteiger partial charge in [-0.05, 0) is 42.0 Å². The van der Waals surface area contributed by atoms with Crippen LogP contribution in [0.4, 0.5) is 28.4 Å². The van der Waals surface area contributed by atoms with E-state index in [0.717, 1.165) is 10.2 Å². The predicted molar refractivity (Wildman–Crippen MR) is 147 cm³/mol. The van der Waals surface area contributed by atoms with Crippen LogP contribution in [0.3, 0.4) is 0 Å². The molecule has 0 unspecified atom stereocenters. The molecule has 4 rings (SSSR count). The van der Waals surface area contributed by atoms with Gasteiger partial charge in [-0.15, -0.1) is 11.3 Å². The van der Waals surface area contributed by atoms with E-state index in [0.29, 0.717) is 27.0 Å². The number of nitrogens with one attached hydrogen (secondary N) is 1. The molecule has 1 N–H and O–H groups in total. The highest BCUT2D eigenvalue weighted by Crippen LogP contribution is 2.32. The Hall–Kier alpha value is -4.36. The van der Waals surface area contributed by atoms with Crippen molar-refractivity contribution in [3.63, 3.8) is 0 Å². The zero-order valence-electron chi connectivity index (χ0n) is 19.7. The second-order valence-electron chi connectivity index (χ2n) is 7.93. The first-order valence-corrected chi connectivity index (χ1v) is 12.6. The zero-order chi connectivity index (χ0) is 26.5. The fourth-order valence-corrected chi connectivity index (χ4v) is 5.22. The van der Waals surface area contributed by atoms with Crippen molar-refractivity contribution >= 4 is 73.9 Å². The van der Waals surface area contributed by atoms with Gasteiger partial charge in [-0.3, -0.25) is 30.0 Å². The van der Waals surface area contributed by atoms with E-state index >= 15 is 0 Å². The minimum atomic E-state index is -0.500. The molecule has 0 aliphatic carbocycles. The van der Waals surface area contributed by atoms with Gasteiger partial charge in [0.15, 0.2) is 4.34 Å². The van der Waals surface area contributed by atoms with Crippen LogP contribution in [0.2, 0.25) is 0 Å². The maximum atomic E-state index is 12.3. The Labute approximate surface area is 219 Å². The number of nitro benzene ring substituents is 2. The Balaban J connectivity index is 1.40. The van der Waals surface area contributed by atoms with Crippen LogP contribution in [0.15, 0.2) is 70.0 Å². The number of amides is 1. The maximum absolute atomic E-state index is 12.3. The van der Waals surface area contributed by atoms with Crippen LogP contribution in [-0.2, 0) is 4.79 Å². The first-order valence-electron chi connectivity index (χ1n) is 10.8. The number of carbonyl (C=O) groups excluding carboxylic acids is 1. The van der Waals surface area contributed by atoms with Gasteiger partial charge in [0.1, 0.15) is 5.69 Å². The number of aliphatic imine (C=N–C) groups is 1. The van der Waals surface area contributed by atoms with Gasteiger partial charge in [0.05, 0.1) is 31.5 Å². The number of anilines is 2. The van der Waals surface area contributed by atoms with Gasteiger partial charge in [-0.1, -0.05) is 17.8 Å². The van der Waals surface area contributed by atoms with Gasteiger partial charge >= 0.3 is 0 Å². The minimum absolute atomic E-state index is 0.00569. The Bertz CT molecular complexity index is 1520. The second-order valence-corrected chi connectivity index (χ2v) is 10.2. The molecule has 0 saturated carbocycles. The van der Waals surface area contributed by atoms with E-state index in [1.165, 1.54) is 53.4 Å². The maximum Gasteiger partial charge on any atom is 0.293 e. The highest BCUT2D eigenvalue weighted by atomic mass is 32.2. The van der Waals surface area contributed by atoms with Crippen molar-refractivity contribution in [3.05, 3.63) is 86.5 Å². The normalized spacial score (nSPS) is 11.1. The molecule has 0 radical (unpaired) electrons. The van der Waals surface area contributed by atoms with Crippen molar-refractivity contribution in [2.75, 3.05) is 30.1 Å². The molecular weight excluding hydrogens is 516 g/mol. The standard InChI is InChI=1S/C24H20N6O5S2/c1-28(2)20-10-3-15(11-21(20)30(34)35)13-25-17-6-9-19-22(12-17)37-24(27-19)36-14-23(31)26-16-4-7-18(8-5-16)29(32)33/h3-13H,14H2,1-2H3,(H,26,31). The van der Waals surface area contributed by atoms with Crippen LogP contribution in [0, 0.1) is 20.2 Å². The average molecular weight is 537 g/mol. The van der Waals surface area contributed by atoms with Gasteiger partial charge < -0.3 is 10.2 Å². The monoisotopic (exact) mass is 536 g/mol. The topological polar surface area (TPSA) is 144 Å². The molecule has 0 atom stereocenters. The van der Waals surface area contributed by atoms with E-state index in [-0.39, 0.29) is 23.0 Å². The van der Waals surface area contributed by atoms with Crippen LogP contribution in [0.1, 0.15) is 5.56 Å². The molecule has 11 nitrogen and oxygen atoms in total. The lowest BCUT2D eigenvalue weighted by atomic mass is 10.1. The molecule has 1 heterocycles. The third kappa shape index (κ3) is 6.45. The summed E-state index contributed by atoms with van der Waals surface area (Å²) in [7, 11) is 3.50. The molecule has 188 valence electrons. The number of thioether (sulfide) groups is 1. The van der Waals surface area contributed by atoms with E-state index in [4.69, 9.17) is 0 Å². The van der Waals surface area contributed by atoms with Crippen LogP contribution in [0.5, 0.6) is 0 Å². The van der Waals surface area contributed by atoms with Crippen molar-refractivity contribution in [1.29, 1.82) is 0 Å². The summed E-state index contributed by atoms with van der Waals surface area (Å²) in [6.07, 6.45) is 1.58. The summed E-state index contributed by atoms with van der Waals surface area (Å²) in [4.78, 5) is 44.2. The summed E-state index contributed by atoms with van der Waals surface area (Å²) < 4.78 is 1.60. The molecule has 0 spiro atoms. The fourth-order valence-electron chi connectivity index (χ4n) is 3.32.